The van der Waals surface area contributed by atoms with Crippen LogP contribution in [0, 0.1) is 38.7 Å². The molecule has 1 saturated carbocycles. The second-order valence-electron chi connectivity index (χ2n) is 16.6. The lowest BCUT2D eigenvalue weighted by atomic mass is 9.97. The Labute approximate surface area is 367 Å². The van der Waals surface area contributed by atoms with Gasteiger partial charge in [0, 0.05) is 22.0 Å². The van der Waals surface area contributed by atoms with Gasteiger partial charge in [0.05, 0.1) is 23.0 Å². The summed E-state index contributed by atoms with van der Waals surface area (Å²) >= 11 is 0. The highest BCUT2D eigenvalue weighted by molar-refractivity contribution is 6.49. The van der Waals surface area contributed by atoms with Gasteiger partial charge in [-0.25, -0.2) is 14.8 Å². The van der Waals surface area contributed by atoms with Crippen molar-refractivity contribution >= 4 is 58.7 Å². The molecule has 0 spiro atoms. The van der Waals surface area contributed by atoms with E-state index in [-0.39, 0.29) is 29.0 Å². The van der Waals surface area contributed by atoms with Crippen molar-refractivity contribution in [1.29, 1.82) is 5.26 Å². The Morgan fingerprint density at radius 1 is 0.672 bits per heavy atom. The van der Waals surface area contributed by atoms with Crippen LogP contribution in [0.25, 0.3) is 60.3 Å². The molecule has 3 aliphatic rings. The Kier molecular flexibility index (Phi) is 8.53. The Bertz CT molecular complexity index is 3490. The summed E-state index contributed by atoms with van der Waals surface area (Å²) < 4.78 is 44.1. The molecule has 0 saturated heterocycles. The van der Waals surface area contributed by atoms with Gasteiger partial charge in [0.1, 0.15) is 45.7 Å². The number of benzene rings is 5. The lowest BCUT2D eigenvalue weighted by Gasteiger charge is -2.19. The van der Waals surface area contributed by atoms with E-state index in [2.05, 4.69) is 10.9 Å². The van der Waals surface area contributed by atoms with Crippen LogP contribution in [0.15, 0.2) is 118 Å². The van der Waals surface area contributed by atoms with Crippen molar-refractivity contribution in [3.8, 4) is 40.3 Å². The zero-order valence-corrected chi connectivity index (χ0v) is 35.1. The maximum absolute atomic E-state index is 11.6. The normalized spacial score (nSPS) is 15.4. The summed E-state index contributed by atoms with van der Waals surface area (Å²) in [4.78, 5) is 14.2. The largest absolute Gasteiger partial charge is 0.743 e. The molecular weight excluding hydrogens is 802 g/mol. The van der Waals surface area contributed by atoms with Crippen LogP contribution in [0.5, 0.6) is 23.0 Å². The standard InChI is InChI=1S/C50H36B2N6O6/c1-28-21-23-34-40(25-28)59-49(55-34)33(27-53)47-43-42(45(31-14-6-7-15-31)57(47)51-61-36-17-9-10-18-37(36)62-51)48(44(54-4)50-56-35-24-22-29(2)26-41(35)60-50)58(46(43)32-16-8-5-13-30(32)3)52-63-38-19-11-12-20-39(38)64-52/h5,8-13,16-26,31H,6-7,14-15H2,1-3H3/b47-33-,48-44+. The van der Waals surface area contributed by atoms with Crippen LogP contribution in [0.3, 0.4) is 0 Å². The number of hydrogen-bond acceptors (Lipinski definition) is 9. The van der Waals surface area contributed by atoms with E-state index in [1.807, 2.05) is 139 Å². The smallest absolute Gasteiger partial charge is 0.503 e. The number of oxazole rings is 2. The molecular formula is C50H36B2N6O6. The summed E-state index contributed by atoms with van der Waals surface area (Å²) in [6, 6.07) is 37.2. The van der Waals surface area contributed by atoms with Gasteiger partial charge in [0.2, 0.25) is 11.8 Å². The SMILES string of the molecule is [C-]#[N+]/C(c1nc2ccc(C)cc2o1)=c1\c2c(C3CCCC3)n(B3Oc4ccccc4O3)/c(=C(/C#N)c3nc4ccc(C)cc4o3)c2c(-c2ccccc2C)n1B1Oc2ccccc2O1. The van der Waals surface area contributed by atoms with E-state index in [4.69, 9.17) is 44.0 Å². The van der Waals surface area contributed by atoms with Crippen molar-refractivity contribution in [3.63, 3.8) is 0 Å². The van der Waals surface area contributed by atoms with Crippen LogP contribution in [-0.2, 0) is 0 Å². The van der Waals surface area contributed by atoms with Crippen molar-refractivity contribution in [3.05, 3.63) is 165 Å². The summed E-state index contributed by atoms with van der Waals surface area (Å²) in [5, 5.41) is 13.9. The minimum absolute atomic E-state index is 0.0569. The maximum atomic E-state index is 11.6. The highest BCUT2D eigenvalue weighted by atomic mass is 16.6. The fraction of sp³-hybridized carbons (Fsp3) is 0.160. The minimum Gasteiger partial charge on any atom is -0.503 e. The lowest BCUT2D eigenvalue weighted by Crippen LogP contribution is -2.45. The van der Waals surface area contributed by atoms with Crippen LogP contribution < -0.4 is 29.3 Å². The molecule has 0 atom stereocenters. The predicted molar refractivity (Wildman–Crippen MR) is 243 cm³/mol. The third kappa shape index (κ3) is 5.76. The van der Waals surface area contributed by atoms with E-state index in [0.717, 1.165) is 53.6 Å². The van der Waals surface area contributed by atoms with Gasteiger partial charge >= 0.3 is 14.5 Å². The van der Waals surface area contributed by atoms with Gasteiger partial charge < -0.3 is 36.4 Å². The summed E-state index contributed by atoms with van der Waals surface area (Å²) in [5.41, 5.74) is 7.81. The highest BCUT2D eigenvalue weighted by Crippen LogP contribution is 2.44. The Hall–Kier alpha value is -8.09. The van der Waals surface area contributed by atoms with E-state index in [9.17, 15) is 5.26 Å². The topological polar surface area (TPSA) is 127 Å². The fourth-order valence-electron chi connectivity index (χ4n) is 9.70. The Morgan fingerprint density at radius 2 is 1.20 bits per heavy atom. The van der Waals surface area contributed by atoms with Crippen molar-refractivity contribution < 1.29 is 27.5 Å². The first-order chi connectivity index (χ1) is 31.4. The molecule has 0 unspecified atom stereocenters. The summed E-state index contributed by atoms with van der Waals surface area (Å²) in [6.45, 7) is 15.1. The van der Waals surface area contributed by atoms with Crippen molar-refractivity contribution in [1.82, 2.24) is 18.9 Å². The van der Waals surface area contributed by atoms with E-state index in [1.165, 1.54) is 0 Å². The number of para-hydroxylation sites is 4. The Morgan fingerprint density at radius 3 is 1.77 bits per heavy atom. The van der Waals surface area contributed by atoms with Crippen LogP contribution in [0.1, 0.15) is 65.8 Å². The summed E-state index contributed by atoms with van der Waals surface area (Å²) in [7, 11) is -2.15. The van der Waals surface area contributed by atoms with Gasteiger partial charge in [-0.15, -0.1) is 0 Å². The molecule has 12 nitrogen and oxygen atoms in total. The second-order valence-corrected chi connectivity index (χ2v) is 16.6. The maximum Gasteiger partial charge on any atom is 0.743 e. The predicted octanol–water partition coefficient (Wildman–Crippen LogP) is 9.38. The highest BCUT2D eigenvalue weighted by Gasteiger charge is 2.46. The molecule has 0 radical (unpaired) electrons. The molecule has 5 aromatic carbocycles. The third-order valence-electron chi connectivity index (χ3n) is 12.6. The van der Waals surface area contributed by atoms with E-state index in [1.54, 1.807) is 0 Å². The van der Waals surface area contributed by atoms with Gasteiger partial charge in [-0.05, 0) is 105 Å². The number of nitriles is 1. The molecule has 0 bridgehead atoms. The van der Waals surface area contributed by atoms with E-state index >= 15 is 0 Å². The third-order valence-corrected chi connectivity index (χ3v) is 12.6. The number of aromatic nitrogens is 4. The molecule has 4 aromatic heterocycles. The number of nitrogens with zero attached hydrogens (tertiary/aromatic N) is 6. The van der Waals surface area contributed by atoms with Crippen molar-refractivity contribution in [2.24, 2.45) is 0 Å². The van der Waals surface area contributed by atoms with Crippen LogP contribution in [0.2, 0.25) is 0 Å². The molecule has 308 valence electrons. The number of fused-ring (bicyclic) bond motifs is 5. The quantitative estimate of drug-likeness (QED) is 0.119. The van der Waals surface area contributed by atoms with Gasteiger partial charge in [-0.3, -0.25) is 0 Å². The van der Waals surface area contributed by atoms with Crippen LogP contribution in [0.4, 0.5) is 0 Å². The lowest BCUT2D eigenvalue weighted by molar-refractivity contribution is 0.471. The second kappa shape index (κ2) is 14.5. The van der Waals surface area contributed by atoms with Crippen molar-refractivity contribution in [2.45, 2.75) is 52.4 Å². The van der Waals surface area contributed by atoms with Gasteiger partial charge in [-0.1, -0.05) is 73.5 Å². The molecule has 0 N–H and O–H groups in total. The Balaban J connectivity index is 1.34. The zero-order chi connectivity index (χ0) is 43.2. The molecule has 9 aromatic rings. The van der Waals surface area contributed by atoms with Crippen LogP contribution >= 0.6 is 0 Å². The fourth-order valence-corrected chi connectivity index (χ4v) is 9.70. The summed E-state index contributed by atoms with van der Waals surface area (Å²) in [5.74, 6) is 2.43. The molecule has 1 fully saturated rings. The first-order valence-electron chi connectivity index (χ1n) is 21.4. The monoisotopic (exact) mass is 838 g/mol. The first-order valence-corrected chi connectivity index (χ1v) is 21.4. The molecule has 6 heterocycles. The summed E-state index contributed by atoms with van der Waals surface area (Å²) in [6.07, 6.45) is 3.63. The molecule has 2 aliphatic heterocycles. The van der Waals surface area contributed by atoms with E-state index in [0.29, 0.717) is 72.4 Å². The number of hydrogen-bond donors (Lipinski definition) is 0. The molecule has 12 rings (SSSR count). The van der Waals surface area contributed by atoms with Gasteiger partial charge in [0.15, 0.2) is 11.2 Å². The number of rotatable bonds is 6. The molecule has 0 amide bonds. The molecule has 64 heavy (non-hydrogen) atoms. The van der Waals surface area contributed by atoms with Gasteiger partial charge in [-0.2, -0.15) is 5.26 Å². The molecule has 14 heteroatoms. The van der Waals surface area contributed by atoms with Crippen molar-refractivity contribution in [2.75, 3.05) is 0 Å². The average Bonchev–Trinajstić information content (AvgIpc) is 4.17. The number of aryl methyl sites for hydroxylation is 3. The minimum atomic E-state index is -1.10. The van der Waals surface area contributed by atoms with E-state index < -0.39 is 14.5 Å². The van der Waals surface area contributed by atoms with Crippen LogP contribution in [-0.4, -0.2) is 33.4 Å². The zero-order valence-electron chi connectivity index (χ0n) is 35.1. The first kappa shape index (κ1) is 37.7. The average molecular weight is 838 g/mol. The van der Waals surface area contributed by atoms with Gasteiger partial charge in [0.25, 0.3) is 5.70 Å². The molecule has 1 aliphatic carbocycles.